The Morgan fingerprint density at radius 2 is 1.21 bits per heavy atom. The van der Waals surface area contributed by atoms with Crippen molar-refractivity contribution in [2.75, 3.05) is 0 Å². The van der Waals surface area contributed by atoms with Crippen LogP contribution in [0, 0.1) is 17.8 Å². The summed E-state index contributed by atoms with van der Waals surface area (Å²) in [6.07, 6.45) is 18.2. The van der Waals surface area contributed by atoms with Gasteiger partial charge in [0.15, 0.2) is 0 Å². The first kappa shape index (κ1) is 18.6. The van der Waals surface area contributed by atoms with Crippen LogP contribution >= 0.6 is 0 Å². The lowest BCUT2D eigenvalue weighted by atomic mass is 9.99. The Hall–Kier alpha value is -0.440. The Kier molecular flexibility index (Phi) is 15.3. The molecule has 0 heterocycles. The Bertz CT molecular complexity index is 218. The minimum atomic E-state index is 0.942. The van der Waals surface area contributed by atoms with Crippen molar-refractivity contribution in [2.45, 2.75) is 104 Å². The van der Waals surface area contributed by atoms with E-state index in [0.29, 0.717) is 0 Å². The molecule has 112 valence electrons. The van der Waals surface area contributed by atoms with E-state index in [2.05, 4.69) is 25.7 Å². The van der Waals surface area contributed by atoms with Crippen molar-refractivity contribution in [1.82, 2.24) is 0 Å². The molecular weight excluding hydrogens is 228 g/mol. The molecule has 0 aromatic rings. The lowest BCUT2D eigenvalue weighted by Crippen LogP contribution is -1.91. The summed E-state index contributed by atoms with van der Waals surface area (Å²) in [5.41, 5.74) is 0. The van der Waals surface area contributed by atoms with Gasteiger partial charge in [-0.1, -0.05) is 84.5 Å². The largest absolute Gasteiger partial charge is 0.107 e. The normalized spacial score (nSPS) is 11.9. The summed E-state index contributed by atoms with van der Waals surface area (Å²) in [7, 11) is 0. The predicted molar refractivity (Wildman–Crippen MR) is 88.3 cm³/mol. The monoisotopic (exact) mass is 264 g/mol. The fraction of sp³-hybridized carbons (Fsp3) is 0.895. The van der Waals surface area contributed by atoms with Gasteiger partial charge in [-0.15, -0.1) is 11.8 Å². The van der Waals surface area contributed by atoms with Crippen LogP contribution in [-0.2, 0) is 0 Å². The van der Waals surface area contributed by atoms with Gasteiger partial charge in [0.25, 0.3) is 0 Å². The van der Waals surface area contributed by atoms with Gasteiger partial charge in [0, 0.05) is 6.42 Å². The third kappa shape index (κ3) is 15.5. The van der Waals surface area contributed by atoms with E-state index in [1.807, 2.05) is 6.92 Å². The van der Waals surface area contributed by atoms with Crippen LogP contribution in [0.15, 0.2) is 0 Å². The minimum absolute atomic E-state index is 0.942. The quantitative estimate of drug-likeness (QED) is 0.255. The maximum atomic E-state index is 3.14. The fourth-order valence-corrected chi connectivity index (χ4v) is 2.45. The molecule has 0 radical (unpaired) electrons. The molecule has 1 atom stereocenters. The lowest BCUT2D eigenvalue weighted by Gasteiger charge is -2.07. The molecule has 0 aromatic carbocycles. The van der Waals surface area contributed by atoms with Crippen molar-refractivity contribution in [3.05, 3.63) is 0 Å². The molecule has 0 spiro atoms. The first-order valence-corrected chi connectivity index (χ1v) is 8.70. The van der Waals surface area contributed by atoms with Crippen LogP contribution in [0.4, 0.5) is 0 Å². The Balaban J connectivity index is 3.00. The van der Waals surface area contributed by atoms with Gasteiger partial charge in [0.05, 0.1) is 0 Å². The van der Waals surface area contributed by atoms with Gasteiger partial charge in [0.2, 0.25) is 0 Å². The van der Waals surface area contributed by atoms with Crippen LogP contribution in [0.25, 0.3) is 0 Å². The molecule has 0 nitrogen and oxygen atoms in total. The molecule has 0 aliphatic rings. The molecular formula is C19H36. The van der Waals surface area contributed by atoms with Crippen molar-refractivity contribution in [1.29, 1.82) is 0 Å². The van der Waals surface area contributed by atoms with Crippen molar-refractivity contribution in [3.8, 4) is 11.8 Å². The smallest absolute Gasteiger partial charge is 0.00885 e. The van der Waals surface area contributed by atoms with E-state index in [-0.39, 0.29) is 0 Å². The van der Waals surface area contributed by atoms with Crippen LogP contribution in [-0.4, -0.2) is 0 Å². The van der Waals surface area contributed by atoms with Crippen LogP contribution in [0.3, 0.4) is 0 Å². The molecule has 0 rings (SSSR count). The molecule has 0 aliphatic carbocycles. The third-order valence-corrected chi connectivity index (χ3v) is 4.12. The van der Waals surface area contributed by atoms with Crippen molar-refractivity contribution < 1.29 is 0 Å². The van der Waals surface area contributed by atoms with E-state index in [1.165, 1.54) is 77.0 Å². The van der Waals surface area contributed by atoms with E-state index in [9.17, 15) is 0 Å². The molecule has 0 aromatic heterocycles. The molecule has 0 saturated heterocycles. The first-order valence-electron chi connectivity index (χ1n) is 8.70. The molecule has 0 N–H and O–H groups in total. The van der Waals surface area contributed by atoms with E-state index >= 15 is 0 Å². The van der Waals surface area contributed by atoms with E-state index in [0.717, 1.165) is 12.3 Å². The summed E-state index contributed by atoms with van der Waals surface area (Å²) in [4.78, 5) is 0. The lowest BCUT2D eigenvalue weighted by molar-refractivity contribution is 0.469. The van der Waals surface area contributed by atoms with Crippen LogP contribution in [0.1, 0.15) is 104 Å². The fourth-order valence-electron chi connectivity index (χ4n) is 2.45. The highest BCUT2D eigenvalue weighted by molar-refractivity contribution is 4.94. The average Bonchev–Trinajstić information content (AvgIpc) is 2.43. The van der Waals surface area contributed by atoms with Gasteiger partial charge in [-0.3, -0.25) is 0 Å². The van der Waals surface area contributed by atoms with E-state index < -0.39 is 0 Å². The molecule has 1 unspecified atom stereocenters. The summed E-state index contributed by atoms with van der Waals surface area (Å²) in [5.74, 6) is 7.05. The van der Waals surface area contributed by atoms with Crippen molar-refractivity contribution in [3.63, 3.8) is 0 Å². The zero-order chi connectivity index (χ0) is 14.2. The van der Waals surface area contributed by atoms with Crippen LogP contribution in [0.5, 0.6) is 0 Å². The van der Waals surface area contributed by atoms with Gasteiger partial charge >= 0.3 is 0 Å². The number of hydrogen-bond donors (Lipinski definition) is 0. The molecule has 19 heavy (non-hydrogen) atoms. The SMILES string of the molecule is CC#CCCCCCCCCCCCCC(C)CC. The van der Waals surface area contributed by atoms with Gasteiger partial charge in [0.1, 0.15) is 0 Å². The second kappa shape index (κ2) is 15.6. The van der Waals surface area contributed by atoms with Gasteiger partial charge in [-0.2, -0.15) is 0 Å². The molecule has 0 fully saturated rings. The van der Waals surface area contributed by atoms with E-state index in [1.54, 1.807) is 0 Å². The Morgan fingerprint density at radius 1 is 0.737 bits per heavy atom. The molecule has 0 amide bonds. The van der Waals surface area contributed by atoms with Gasteiger partial charge in [-0.05, 0) is 19.3 Å². The zero-order valence-corrected chi connectivity index (χ0v) is 13.8. The summed E-state index contributed by atoms with van der Waals surface area (Å²) in [6.45, 7) is 6.62. The molecule has 0 aliphatic heterocycles. The summed E-state index contributed by atoms with van der Waals surface area (Å²) >= 11 is 0. The van der Waals surface area contributed by atoms with Crippen molar-refractivity contribution in [2.24, 2.45) is 5.92 Å². The number of rotatable bonds is 13. The maximum absolute atomic E-state index is 3.14. The number of unbranched alkanes of at least 4 members (excludes halogenated alkanes) is 10. The zero-order valence-electron chi connectivity index (χ0n) is 13.8. The van der Waals surface area contributed by atoms with Crippen molar-refractivity contribution >= 4 is 0 Å². The molecule has 0 saturated carbocycles. The second-order valence-corrected chi connectivity index (χ2v) is 6.01. The third-order valence-electron chi connectivity index (χ3n) is 4.12. The van der Waals surface area contributed by atoms with Gasteiger partial charge in [-0.25, -0.2) is 0 Å². The highest BCUT2D eigenvalue weighted by Crippen LogP contribution is 2.15. The highest BCUT2D eigenvalue weighted by Gasteiger charge is 1.98. The maximum Gasteiger partial charge on any atom is 0.00885 e. The Morgan fingerprint density at radius 3 is 1.68 bits per heavy atom. The van der Waals surface area contributed by atoms with E-state index in [4.69, 9.17) is 0 Å². The number of hydrogen-bond acceptors (Lipinski definition) is 0. The average molecular weight is 264 g/mol. The Labute approximate surface area is 122 Å². The minimum Gasteiger partial charge on any atom is -0.107 e. The van der Waals surface area contributed by atoms with Crippen LogP contribution in [0.2, 0.25) is 0 Å². The topological polar surface area (TPSA) is 0 Å². The first-order chi connectivity index (χ1) is 9.31. The standard InChI is InChI=1S/C19H36/c1-4-6-7-8-9-10-11-12-13-14-15-16-17-18-19(3)5-2/h19H,5,7-18H2,1-3H3. The summed E-state index contributed by atoms with van der Waals surface area (Å²) < 4.78 is 0. The molecule has 0 heteroatoms. The second-order valence-electron chi connectivity index (χ2n) is 6.01. The summed E-state index contributed by atoms with van der Waals surface area (Å²) in [6, 6.07) is 0. The molecule has 0 bridgehead atoms. The van der Waals surface area contributed by atoms with Gasteiger partial charge < -0.3 is 0 Å². The highest BCUT2D eigenvalue weighted by atomic mass is 14.0. The predicted octanol–water partition coefficient (Wildman–Crippen LogP) is 6.74. The van der Waals surface area contributed by atoms with Crippen LogP contribution < -0.4 is 0 Å². The summed E-state index contributed by atoms with van der Waals surface area (Å²) in [5, 5.41) is 0.